The molecule has 3 N–H and O–H groups in total. The first-order valence-corrected chi connectivity index (χ1v) is 13.1. The van der Waals surface area contributed by atoms with E-state index in [1.165, 1.54) is 0 Å². The average molecular weight is 525 g/mol. The Morgan fingerprint density at radius 1 is 1.16 bits per heavy atom. The first-order chi connectivity index (χ1) is 18.1. The third-order valence-electron chi connectivity index (χ3n) is 6.62. The molecule has 0 fully saturated rings. The van der Waals surface area contributed by atoms with Crippen LogP contribution in [0.3, 0.4) is 0 Å². The molecule has 0 unspecified atom stereocenters. The lowest BCUT2D eigenvalue weighted by Crippen LogP contribution is -2.49. The average Bonchev–Trinajstić information content (AvgIpc) is 2.91. The Kier molecular flexibility index (Phi) is 10.1. The summed E-state index contributed by atoms with van der Waals surface area (Å²) in [6, 6.07) is 14.2. The molecule has 9 nitrogen and oxygen atoms in total. The number of carbonyl (C=O) groups is 3. The molecule has 0 saturated heterocycles. The van der Waals surface area contributed by atoms with Gasteiger partial charge in [0.1, 0.15) is 11.9 Å². The third kappa shape index (κ3) is 7.95. The number of nitrogens with zero attached hydrogens (tertiary/aromatic N) is 2. The second-order valence-electron chi connectivity index (χ2n) is 10.4. The highest BCUT2D eigenvalue weighted by Crippen LogP contribution is 2.29. The lowest BCUT2D eigenvalue weighted by atomic mass is 10.0. The minimum absolute atomic E-state index is 0.00131. The highest BCUT2D eigenvalue weighted by Gasteiger charge is 2.32. The number of hydrogen-bond donors (Lipinski definition) is 3. The van der Waals surface area contributed by atoms with Crippen LogP contribution in [0.5, 0.6) is 5.75 Å². The van der Waals surface area contributed by atoms with E-state index in [0.29, 0.717) is 30.1 Å². The van der Waals surface area contributed by atoms with Gasteiger partial charge in [-0.05, 0) is 44.5 Å². The molecule has 9 heteroatoms. The summed E-state index contributed by atoms with van der Waals surface area (Å²) in [5, 5.41) is 15.6. The number of amides is 4. The Morgan fingerprint density at radius 3 is 2.53 bits per heavy atom. The molecular weight excluding hydrogens is 484 g/mol. The van der Waals surface area contributed by atoms with Crippen molar-refractivity contribution in [2.24, 2.45) is 5.92 Å². The number of aliphatic hydroxyl groups is 1. The summed E-state index contributed by atoms with van der Waals surface area (Å²) in [5.41, 5.74) is 2.11. The van der Waals surface area contributed by atoms with Crippen LogP contribution in [0.2, 0.25) is 0 Å². The molecule has 0 aromatic heterocycles. The Labute approximate surface area is 225 Å². The van der Waals surface area contributed by atoms with Crippen LogP contribution in [0.15, 0.2) is 48.5 Å². The third-order valence-corrected chi connectivity index (χ3v) is 6.62. The van der Waals surface area contributed by atoms with Crippen molar-refractivity contribution in [1.29, 1.82) is 0 Å². The molecule has 0 radical (unpaired) electrons. The molecule has 3 atom stereocenters. The molecule has 1 heterocycles. The largest absolute Gasteiger partial charge is 0.488 e. The zero-order valence-corrected chi connectivity index (χ0v) is 22.9. The highest BCUT2D eigenvalue weighted by atomic mass is 16.5. The summed E-state index contributed by atoms with van der Waals surface area (Å²) in [7, 11) is 1.71. The Balaban J connectivity index is 1.87. The molecule has 38 heavy (non-hydrogen) atoms. The van der Waals surface area contributed by atoms with Crippen molar-refractivity contribution in [3.8, 4) is 5.75 Å². The van der Waals surface area contributed by atoms with E-state index >= 15 is 0 Å². The standard InChI is InChI=1S/C29H40N4O5/c1-19(2)30-29(37)32(5)17-26-20(3)16-33(21(4)18-34)28(36)15-23-14-24(11-12-25(23)38-26)31-27(35)13-22-9-7-6-8-10-22/h6-12,14,19-21,26,34H,13,15-18H2,1-5H3,(H,30,37)(H,31,35)/t20-,21+,26+/m0/s1. The lowest BCUT2D eigenvalue weighted by Gasteiger charge is -2.34. The quantitative estimate of drug-likeness (QED) is 0.492. The van der Waals surface area contributed by atoms with Gasteiger partial charge in [-0.25, -0.2) is 4.79 Å². The van der Waals surface area contributed by atoms with Gasteiger partial charge < -0.3 is 30.3 Å². The minimum atomic E-state index is -0.408. The zero-order valence-electron chi connectivity index (χ0n) is 22.9. The fourth-order valence-electron chi connectivity index (χ4n) is 4.42. The number of urea groups is 1. The molecular formula is C29H40N4O5. The summed E-state index contributed by atoms with van der Waals surface area (Å²) >= 11 is 0. The van der Waals surface area contributed by atoms with E-state index in [-0.39, 0.29) is 55.3 Å². The smallest absolute Gasteiger partial charge is 0.317 e. The molecule has 3 rings (SSSR count). The van der Waals surface area contributed by atoms with E-state index in [2.05, 4.69) is 10.6 Å². The van der Waals surface area contributed by atoms with Gasteiger partial charge in [0.2, 0.25) is 11.8 Å². The predicted octanol–water partition coefficient (Wildman–Crippen LogP) is 3.07. The number of rotatable bonds is 8. The van der Waals surface area contributed by atoms with Crippen molar-refractivity contribution >= 4 is 23.5 Å². The topological polar surface area (TPSA) is 111 Å². The lowest BCUT2D eigenvalue weighted by molar-refractivity contribution is -0.134. The van der Waals surface area contributed by atoms with Crippen molar-refractivity contribution in [2.45, 2.75) is 58.7 Å². The summed E-state index contributed by atoms with van der Waals surface area (Å²) < 4.78 is 6.44. The van der Waals surface area contributed by atoms with Gasteiger partial charge in [0, 0.05) is 36.8 Å². The van der Waals surface area contributed by atoms with E-state index in [0.717, 1.165) is 5.56 Å². The Morgan fingerprint density at radius 2 is 1.87 bits per heavy atom. The highest BCUT2D eigenvalue weighted by molar-refractivity contribution is 5.92. The number of carbonyl (C=O) groups excluding carboxylic acids is 3. The minimum Gasteiger partial charge on any atom is -0.488 e. The van der Waals surface area contributed by atoms with Crippen molar-refractivity contribution in [1.82, 2.24) is 15.1 Å². The molecule has 1 aliphatic rings. The maximum atomic E-state index is 13.4. The molecule has 0 spiro atoms. The van der Waals surface area contributed by atoms with E-state index in [4.69, 9.17) is 4.74 Å². The van der Waals surface area contributed by atoms with Gasteiger partial charge in [0.05, 0.1) is 32.0 Å². The normalized spacial score (nSPS) is 18.4. The van der Waals surface area contributed by atoms with Crippen LogP contribution in [0, 0.1) is 5.92 Å². The number of benzene rings is 2. The van der Waals surface area contributed by atoms with Gasteiger partial charge in [-0.2, -0.15) is 0 Å². The molecule has 206 valence electrons. The van der Waals surface area contributed by atoms with Crippen LogP contribution >= 0.6 is 0 Å². The first kappa shape index (κ1) is 29.0. The van der Waals surface area contributed by atoms with Crippen LogP contribution in [0.4, 0.5) is 10.5 Å². The Hall–Kier alpha value is -3.59. The molecule has 0 aliphatic carbocycles. The molecule has 2 aromatic carbocycles. The van der Waals surface area contributed by atoms with Crippen molar-refractivity contribution in [3.63, 3.8) is 0 Å². The van der Waals surface area contributed by atoms with Crippen LogP contribution < -0.4 is 15.4 Å². The Bertz CT molecular complexity index is 1110. The fourth-order valence-corrected chi connectivity index (χ4v) is 4.42. The van der Waals surface area contributed by atoms with Crippen molar-refractivity contribution in [3.05, 3.63) is 59.7 Å². The number of nitrogens with one attached hydrogen (secondary N) is 2. The van der Waals surface area contributed by atoms with Crippen LogP contribution in [0.25, 0.3) is 0 Å². The molecule has 0 bridgehead atoms. The number of anilines is 1. The van der Waals surface area contributed by atoms with Crippen LogP contribution in [0.1, 0.15) is 38.8 Å². The van der Waals surface area contributed by atoms with Gasteiger partial charge in [-0.3, -0.25) is 9.59 Å². The number of ether oxygens (including phenoxy) is 1. The predicted molar refractivity (Wildman–Crippen MR) is 147 cm³/mol. The van der Waals surface area contributed by atoms with E-state index in [1.807, 2.05) is 58.0 Å². The first-order valence-electron chi connectivity index (χ1n) is 13.1. The van der Waals surface area contributed by atoms with Gasteiger partial charge in [-0.1, -0.05) is 37.3 Å². The fraction of sp³-hybridized carbons (Fsp3) is 0.483. The molecule has 2 aromatic rings. The van der Waals surface area contributed by atoms with Crippen LogP contribution in [-0.2, 0) is 22.4 Å². The monoisotopic (exact) mass is 524 g/mol. The maximum absolute atomic E-state index is 13.4. The van der Waals surface area contributed by atoms with E-state index in [1.54, 1.807) is 35.0 Å². The zero-order chi connectivity index (χ0) is 27.8. The molecule has 4 amide bonds. The number of hydrogen-bond acceptors (Lipinski definition) is 5. The molecule has 1 aliphatic heterocycles. The maximum Gasteiger partial charge on any atom is 0.317 e. The van der Waals surface area contributed by atoms with Gasteiger partial charge in [0.15, 0.2) is 0 Å². The number of fused-ring (bicyclic) bond motifs is 1. The molecule has 0 saturated carbocycles. The van der Waals surface area contributed by atoms with Gasteiger partial charge in [0.25, 0.3) is 0 Å². The summed E-state index contributed by atoms with van der Waals surface area (Å²) in [4.78, 5) is 41.8. The second kappa shape index (κ2) is 13.3. The van der Waals surface area contributed by atoms with Crippen molar-refractivity contribution in [2.75, 3.05) is 32.1 Å². The van der Waals surface area contributed by atoms with E-state index < -0.39 is 6.10 Å². The SMILES string of the molecule is CC(C)NC(=O)N(C)C[C@H]1Oc2ccc(NC(=O)Cc3ccccc3)cc2CC(=O)N([C@H](C)CO)C[C@@H]1C. The van der Waals surface area contributed by atoms with Gasteiger partial charge >= 0.3 is 6.03 Å². The van der Waals surface area contributed by atoms with Crippen LogP contribution in [-0.4, -0.2) is 77.7 Å². The summed E-state index contributed by atoms with van der Waals surface area (Å²) in [6.45, 7) is 8.11. The van der Waals surface area contributed by atoms with Crippen molar-refractivity contribution < 1.29 is 24.2 Å². The number of likely N-dealkylation sites (N-methyl/N-ethyl adjacent to an activating group) is 1. The van der Waals surface area contributed by atoms with E-state index in [9.17, 15) is 19.5 Å². The van der Waals surface area contributed by atoms with Gasteiger partial charge in [-0.15, -0.1) is 0 Å². The number of aliphatic hydroxyl groups excluding tert-OH is 1. The second-order valence-corrected chi connectivity index (χ2v) is 10.4. The summed E-state index contributed by atoms with van der Waals surface area (Å²) in [6.07, 6.45) is -0.112. The summed E-state index contributed by atoms with van der Waals surface area (Å²) in [5.74, 6) is 0.111.